The summed E-state index contributed by atoms with van der Waals surface area (Å²) in [5, 5.41) is 11.3. The molecule has 0 spiro atoms. The lowest BCUT2D eigenvalue weighted by Gasteiger charge is -2.21. The minimum atomic E-state index is 0.263. The fraction of sp³-hybridized carbons (Fsp3) is 0.500. The Morgan fingerprint density at radius 3 is 2.92 bits per heavy atom. The first-order chi connectivity index (χ1) is 12.2. The standard InChI is InChI=1S/C18H25N5OS/c1-14-20-18(22-21-14)25-12-10-19-16-7-8-17(24)23(11-9-16)13-15-5-3-2-4-6-15/h2-6,16,19H,7-13H2,1H3,(H,20,21,22). The monoisotopic (exact) mass is 359 g/mol. The summed E-state index contributed by atoms with van der Waals surface area (Å²) in [6.07, 6.45) is 2.54. The molecule has 1 aromatic heterocycles. The number of likely N-dealkylation sites (tertiary alicyclic amines) is 1. The van der Waals surface area contributed by atoms with E-state index in [1.807, 2.05) is 30.0 Å². The van der Waals surface area contributed by atoms with E-state index in [2.05, 4.69) is 32.6 Å². The number of benzene rings is 1. The Balaban J connectivity index is 1.40. The molecule has 2 heterocycles. The number of thioether (sulfide) groups is 1. The molecule has 3 rings (SSSR count). The number of carbonyl (C=O) groups is 1. The van der Waals surface area contributed by atoms with E-state index in [0.717, 1.165) is 42.7 Å². The molecule has 0 aliphatic carbocycles. The lowest BCUT2D eigenvalue weighted by Crippen LogP contribution is -2.33. The molecular formula is C18H25N5OS. The van der Waals surface area contributed by atoms with E-state index in [0.29, 0.717) is 19.0 Å². The van der Waals surface area contributed by atoms with Crippen molar-refractivity contribution in [1.29, 1.82) is 0 Å². The molecule has 1 aromatic carbocycles. The quantitative estimate of drug-likeness (QED) is 0.586. The second-order valence-electron chi connectivity index (χ2n) is 6.33. The van der Waals surface area contributed by atoms with Gasteiger partial charge in [0.2, 0.25) is 11.1 Å². The summed E-state index contributed by atoms with van der Waals surface area (Å²) in [6.45, 7) is 4.33. The molecule has 1 aliphatic rings. The van der Waals surface area contributed by atoms with Crippen LogP contribution in [-0.4, -0.2) is 50.9 Å². The normalized spacial score (nSPS) is 18.4. The maximum absolute atomic E-state index is 12.4. The second kappa shape index (κ2) is 9.01. The molecule has 25 heavy (non-hydrogen) atoms. The van der Waals surface area contributed by atoms with E-state index in [-0.39, 0.29) is 5.91 Å². The number of hydrogen-bond donors (Lipinski definition) is 2. The van der Waals surface area contributed by atoms with Crippen molar-refractivity contribution in [3.63, 3.8) is 0 Å². The van der Waals surface area contributed by atoms with Gasteiger partial charge in [0.25, 0.3) is 0 Å². The number of carbonyl (C=O) groups excluding carboxylic acids is 1. The predicted molar refractivity (Wildman–Crippen MR) is 99.3 cm³/mol. The van der Waals surface area contributed by atoms with Crippen LogP contribution in [0.15, 0.2) is 35.5 Å². The van der Waals surface area contributed by atoms with Crippen molar-refractivity contribution in [1.82, 2.24) is 25.4 Å². The maximum Gasteiger partial charge on any atom is 0.222 e. The van der Waals surface area contributed by atoms with Crippen molar-refractivity contribution in [3.8, 4) is 0 Å². The highest BCUT2D eigenvalue weighted by Gasteiger charge is 2.22. The zero-order valence-electron chi connectivity index (χ0n) is 14.6. The minimum Gasteiger partial charge on any atom is -0.338 e. The van der Waals surface area contributed by atoms with Crippen LogP contribution < -0.4 is 5.32 Å². The SMILES string of the molecule is Cc1nc(SCCNC2CCC(=O)N(Cc3ccccc3)CC2)n[nH]1. The third-order valence-electron chi connectivity index (χ3n) is 4.37. The van der Waals surface area contributed by atoms with Gasteiger partial charge in [-0.2, -0.15) is 0 Å². The average molecular weight is 359 g/mol. The Bertz CT molecular complexity index is 675. The molecule has 2 aromatic rings. The van der Waals surface area contributed by atoms with Gasteiger partial charge in [-0.1, -0.05) is 42.1 Å². The summed E-state index contributed by atoms with van der Waals surface area (Å²) in [4.78, 5) is 18.6. The van der Waals surface area contributed by atoms with Crippen molar-refractivity contribution >= 4 is 17.7 Å². The van der Waals surface area contributed by atoms with Crippen LogP contribution >= 0.6 is 11.8 Å². The topological polar surface area (TPSA) is 73.9 Å². The van der Waals surface area contributed by atoms with Crippen LogP contribution in [0, 0.1) is 6.92 Å². The highest BCUT2D eigenvalue weighted by atomic mass is 32.2. The summed E-state index contributed by atoms with van der Waals surface area (Å²) < 4.78 is 0. The molecule has 0 saturated carbocycles. The lowest BCUT2D eigenvalue weighted by molar-refractivity contribution is -0.131. The van der Waals surface area contributed by atoms with Gasteiger partial charge in [-0.3, -0.25) is 9.89 Å². The third-order valence-corrected chi connectivity index (χ3v) is 5.22. The molecule has 0 radical (unpaired) electrons. The number of nitrogens with one attached hydrogen (secondary N) is 2. The zero-order valence-corrected chi connectivity index (χ0v) is 15.4. The first-order valence-corrected chi connectivity index (χ1v) is 9.76. The fourth-order valence-corrected chi connectivity index (χ4v) is 3.72. The largest absolute Gasteiger partial charge is 0.338 e. The van der Waals surface area contributed by atoms with Crippen LogP contribution in [0.1, 0.15) is 30.7 Å². The van der Waals surface area contributed by atoms with E-state index in [9.17, 15) is 4.79 Å². The number of aryl methyl sites for hydroxylation is 1. The first-order valence-electron chi connectivity index (χ1n) is 8.77. The number of hydrogen-bond acceptors (Lipinski definition) is 5. The molecular weight excluding hydrogens is 334 g/mol. The van der Waals surface area contributed by atoms with Crippen LogP contribution in [0.4, 0.5) is 0 Å². The lowest BCUT2D eigenvalue weighted by atomic mass is 10.1. The van der Waals surface area contributed by atoms with Crippen molar-refractivity contribution in [2.45, 2.75) is 43.9 Å². The Kier molecular flexibility index (Phi) is 6.47. The number of amides is 1. The molecule has 1 aliphatic heterocycles. The summed E-state index contributed by atoms with van der Waals surface area (Å²) >= 11 is 1.64. The molecule has 1 fully saturated rings. The maximum atomic E-state index is 12.4. The van der Waals surface area contributed by atoms with Gasteiger partial charge < -0.3 is 10.2 Å². The van der Waals surface area contributed by atoms with Gasteiger partial charge in [-0.25, -0.2) is 4.98 Å². The van der Waals surface area contributed by atoms with Gasteiger partial charge in [-0.05, 0) is 25.3 Å². The summed E-state index contributed by atoms with van der Waals surface area (Å²) in [7, 11) is 0. The smallest absolute Gasteiger partial charge is 0.222 e. The average Bonchev–Trinajstić information content (AvgIpc) is 2.96. The number of aromatic nitrogens is 3. The van der Waals surface area contributed by atoms with Crippen molar-refractivity contribution in [2.75, 3.05) is 18.8 Å². The number of rotatable bonds is 7. The highest BCUT2D eigenvalue weighted by molar-refractivity contribution is 7.99. The van der Waals surface area contributed by atoms with E-state index >= 15 is 0 Å². The Labute approximate surface area is 152 Å². The summed E-state index contributed by atoms with van der Waals surface area (Å²) in [5.74, 6) is 2.03. The Morgan fingerprint density at radius 1 is 1.32 bits per heavy atom. The molecule has 1 amide bonds. The molecule has 1 saturated heterocycles. The minimum absolute atomic E-state index is 0.263. The fourth-order valence-electron chi connectivity index (χ4n) is 3.00. The molecule has 2 N–H and O–H groups in total. The summed E-state index contributed by atoms with van der Waals surface area (Å²) in [6, 6.07) is 10.6. The second-order valence-corrected chi connectivity index (χ2v) is 7.39. The summed E-state index contributed by atoms with van der Waals surface area (Å²) in [5.41, 5.74) is 1.19. The van der Waals surface area contributed by atoms with Gasteiger partial charge in [0.05, 0.1) is 0 Å². The molecule has 1 atom stereocenters. The number of nitrogens with zero attached hydrogens (tertiary/aromatic N) is 3. The van der Waals surface area contributed by atoms with Gasteiger partial charge >= 0.3 is 0 Å². The van der Waals surface area contributed by atoms with Gasteiger partial charge in [0.1, 0.15) is 5.82 Å². The first kappa shape index (κ1) is 17.9. The Hall–Kier alpha value is -1.86. The van der Waals surface area contributed by atoms with Gasteiger partial charge in [-0.15, -0.1) is 5.10 Å². The Morgan fingerprint density at radius 2 is 2.16 bits per heavy atom. The molecule has 134 valence electrons. The predicted octanol–water partition coefficient (Wildman–Crippen LogP) is 2.38. The number of H-pyrrole nitrogens is 1. The molecule has 7 heteroatoms. The number of aromatic amines is 1. The van der Waals surface area contributed by atoms with Crippen LogP contribution in [-0.2, 0) is 11.3 Å². The van der Waals surface area contributed by atoms with E-state index in [1.165, 1.54) is 5.56 Å². The third kappa shape index (κ3) is 5.57. The van der Waals surface area contributed by atoms with Crippen molar-refractivity contribution in [3.05, 3.63) is 41.7 Å². The van der Waals surface area contributed by atoms with Crippen LogP contribution in [0.25, 0.3) is 0 Å². The van der Waals surface area contributed by atoms with Crippen LogP contribution in [0.5, 0.6) is 0 Å². The highest BCUT2D eigenvalue weighted by Crippen LogP contribution is 2.16. The van der Waals surface area contributed by atoms with Crippen LogP contribution in [0.2, 0.25) is 0 Å². The van der Waals surface area contributed by atoms with E-state index in [1.54, 1.807) is 11.8 Å². The van der Waals surface area contributed by atoms with Crippen LogP contribution in [0.3, 0.4) is 0 Å². The van der Waals surface area contributed by atoms with E-state index < -0.39 is 0 Å². The van der Waals surface area contributed by atoms with Crippen molar-refractivity contribution < 1.29 is 4.79 Å². The van der Waals surface area contributed by atoms with Crippen molar-refractivity contribution in [2.24, 2.45) is 0 Å². The molecule has 1 unspecified atom stereocenters. The molecule has 0 bridgehead atoms. The molecule has 6 nitrogen and oxygen atoms in total. The van der Waals surface area contributed by atoms with Gasteiger partial charge in [0.15, 0.2) is 0 Å². The van der Waals surface area contributed by atoms with E-state index in [4.69, 9.17) is 0 Å². The zero-order chi connectivity index (χ0) is 17.5. The van der Waals surface area contributed by atoms with Gasteiger partial charge in [0, 0.05) is 37.8 Å².